The number of hydrogen-bond acceptors (Lipinski definition) is 2. The molecule has 0 saturated heterocycles. The van der Waals surface area contributed by atoms with Gasteiger partial charge in [0.1, 0.15) is 0 Å². The largest absolute Gasteiger partial charge is 0.397 e. The fraction of sp³-hybridized carbons (Fsp3) is 0.100. The van der Waals surface area contributed by atoms with E-state index in [-0.39, 0.29) is 0 Å². The Morgan fingerprint density at radius 1 is 1.46 bits per heavy atom. The minimum atomic E-state index is 0.729. The molecule has 3 heteroatoms. The van der Waals surface area contributed by atoms with Gasteiger partial charge in [0.25, 0.3) is 0 Å². The van der Waals surface area contributed by atoms with E-state index < -0.39 is 0 Å². The van der Waals surface area contributed by atoms with Gasteiger partial charge in [-0.15, -0.1) is 0 Å². The number of pyridine rings is 1. The lowest BCUT2D eigenvalue weighted by atomic mass is 10.2. The number of H-pyrrole nitrogens is 1. The van der Waals surface area contributed by atoms with Gasteiger partial charge < -0.3 is 10.7 Å². The van der Waals surface area contributed by atoms with Crippen LogP contribution in [0, 0.1) is 6.92 Å². The lowest BCUT2D eigenvalue weighted by molar-refractivity contribution is 1.20. The minimum absolute atomic E-state index is 0.729. The van der Waals surface area contributed by atoms with Gasteiger partial charge in [0, 0.05) is 23.7 Å². The number of nitrogens with two attached hydrogens (primary N) is 1. The second-order valence-corrected chi connectivity index (χ2v) is 2.98. The minimum Gasteiger partial charge on any atom is -0.397 e. The van der Waals surface area contributed by atoms with E-state index in [2.05, 4.69) is 9.97 Å². The van der Waals surface area contributed by atoms with Crippen LogP contribution in [0.5, 0.6) is 0 Å². The monoisotopic (exact) mass is 173 g/mol. The van der Waals surface area contributed by atoms with E-state index in [0.717, 1.165) is 22.6 Å². The van der Waals surface area contributed by atoms with Crippen molar-refractivity contribution < 1.29 is 0 Å². The Balaban J connectivity index is 2.49. The molecular weight excluding hydrogens is 162 g/mol. The predicted octanol–water partition coefficient (Wildman–Crippen LogP) is 1.97. The molecule has 0 spiro atoms. The van der Waals surface area contributed by atoms with E-state index in [1.165, 1.54) is 0 Å². The number of nitrogens with zero attached hydrogens (tertiary/aromatic N) is 1. The molecule has 2 heterocycles. The van der Waals surface area contributed by atoms with Crippen molar-refractivity contribution in [3.05, 3.63) is 36.3 Å². The van der Waals surface area contributed by atoms with Crippen LogP contribution >= 0.6 is 0 Å². The molecule has 0 fully saturated rings. The third kappa shape index (κ3) is 1.40. The third-order valence-corrected chi connectivity index (χ3v) is 2.04. The molecule has 0 amide bonds. The summed E-state index contributed by atoms with van der Waals surface area (Å²) in [6, 6.07) is 5.87. The predicted molar refractivity (Wildman–Crippen MR) is 53.2 cm³/mol. The van der Waals surface area contributed by atoms with Crippen molar-refractivity contribution in [3.63, 3.8) is 0 Å². The molecule has 0 radical (unpaired) electrons. The molecule has 0 atom stereocenters. The van der Waals surface area contributed by atoms with Gasteiger partial charge >= 0.3 is 0 Å². The van der Waals surface area contributed by atoms with E-state index in [4.69, 9.17) is 5.73 Å². The van der Waals surface area contributed by atoms with Gasteiger partial charge in [-0.25, -0.2) is 0 Å². The summed E-state index contributed by atoms with van der Waals surface area (Å²) < 4.78 is 0. The molecule has 2 rings (SSSR count). The van der Waals surface area contributed by atoms with Gasteiger partial charge in [0.15, 0.2) is 0 Å². The van der Waals surface area contributed by atoms with Crippen molar-refractivity contribution in [2.24, 2.45) is 0 Å². The Labute approximate surface area is 76.6 Å². The molecule has 0 aliphatic rings. The zero-order chi connectivity index (χ0) is 9.26. The normalized spacial score (nSPS) is 10.2. The molecule has 0 aliphatic heterocycles. The maximum absolute atomic E-state index is 5.75. The van der Waals surface area contributed by atoms with Crippen LogP contribution in [0.15, 0.2) is 30.6 Å². The van der Waals surface area contributed by atoms with Crippen LogP contribution in [0.3, 0.4) is 0 Å². The van der Waals surface area contributed by atoms with Gasteiger partial charge in [-0.2, -0.15) is 0 Å². The first-order valence-corrected chi connectivity index (χ1v) is 4.13. The molecule has 3 nitrogen and oxygen atoms in total. The van der Waals surface area contributed by atoms with Crippen LogP contribution < -0.4 is 5.73 Å². The molecule has 13 heavy (non-hydrogen) atoms. The lowest BCUT2D eigenvalue weighted by Crippen LogP contribution is -1.93. The molecule has 2 aromatic heterocycles. The van der Waals surface area contributed by atoms with Gasteiger partial charge in [0.2, 0.25) is 0 Å². The third-order valence-electron chi connectivity index (χ3n) is 2.04. The van der Waals surface area contributed by atoms with E-state index in [1.807, 2.05) is 37.5 Å². The summed E-state index contributed by atoms with van der Waals surface area (Å²) in [4.78, 5) is 7.29. The van der Waals surface area contributed by atoms with Crippen molar-refractivity contribution >= 4 is 5.69 Å². The number of nitrogens with one attached hydrogen (secondary N) is 1. The first-order chi connectivity index (χ1) is 6.27. The Morgan fingerprint density at radius 2 is 2.31 bits per heavy atom. The topological polar surface area (TPSA) is 54.7 Å². The number of rotatable bonds is 1. The standard InChI is InChI=1S/C10H11N3/c1-7-9(11)5-8(6-13-7)10-3-2-4-12-10/h2-6,12H,11H2,1H3. The summed E-state index contributed by atoms with van der Waals surface area (Å²) in [5.41, 5.74) is 9.41. The smallest absolute Gasteiger partial charge is 0.0602 e. The summed E-state index contributed by atoms with van der Waals surface area (Å²) in [6.07, 6.45) is 3.70. The first-order valence-electron chi connectivity index (χ1n) is 4.13. The zero-order valence-electron chi connectivity index (χ0n) is 7.41. The maximum Gasteiger partial charge on any atom is 0.0602 e. The summed E-state index contributed by atoms with van der Waals surface area (Å²) in [7, 11) is 0. The molecule has 0 unspecified atom stereocenters. The van der Waals surface area contributed by atoms with Crippen LogP contribution in [0.25, 0.3) is 11.3 Å². The van der Waals surface area contributed by atoms with Crippen LogP contribution in [-0.2, 0) is 0 Å². The van der Waals surface area contributed by atoms with Crippen molar-refractivity contribution in [1.82, 2.24) is 9.97 Å². The summed E-state index contributed by atoms with van der Waals surface area (Å²) >= 11 is 0. The van der Waals surface area contributed by atoms with Gasteiger partial charge in [0.05, 0.1) is 11.4 Å². The van der Waals surface area contributed by atoms with Gasteiger partial charge in [-0.3, -0.25) is 4.98 Å². The summed E-state index contributed by atoms with van der Waals surface area (Å²) in [6.45, 7) is 1.90. The zero-order valence-corrected chi connectivity index (χ0v) is 7.41. The lowest BCUT2D eigenvalue weighted by Gasteiger charge is -2.01. The fourth-order valence-electron chi connectivity index (χ4n) is 1.21. The molecular formula is C10H11N3. The molecule has 0 saturated carbocycles. The highest BCUT2D eigenvalue weighted by Crippen LogP contribution is 2.19. The maximum atomic E-state index is 5.75. The van der Waals surface area contributed by atoms with E-state index >= 15 is 0 Å². The number of hydrogen-bond donors (Lipinski definition) is 2. The molecule has 0 aliphatic carbocycles. The SMILES string of the molecule is Cc1ncc(-c2ccc[nH]2)cc1N. The van der Waals surface area contributed by atoms with Crippen LogP contribution in [0.4, 0.5) is 5.69 Å². The molecule has 66 valence electrons. The second-order valence-electron chi connectivity index (χ2n) is 2.98. The highest BCUT2D eigenvalue weighted by Gasteiger charge is 2.00. The number of aromatic nitrogens is 2. The second kappa shape index (κ2) is 2.94. The first kappa shape index (κ1) is 7.86. The van der Waals surface area contributed by atoms with Crippen LogP contribution in [-0.4, -0.2) is 9.97 Å². The van der Waals surface area contributed by atoms with E-state index in [1.54, 1.807) is 0 Å². The quantitative estimate of drug-likeness (QED) is 0.692. The average Bonchev–Trinajstić information content (AvgIpc) is 2.62. The van der Waals surface area contributed by atoms with E-state index in [9.17, 15) is 0 Å². The van der Waals surface area contributed by atoms with E-state index in [0.29, 0.717) is 0 Å². The Morgan fingerprint density at radius 3 is 2.92 bits per heavy atom. The summed E-state index contributed by atoms with van der Waals surface area (Å²) in [5.74, 6) is 0. The fourth-order valence-corrected chi connectivity index (χ4v) is 1.21. The van der Waals surface area contributed by atoms with Crippen molar-refractivity contribution in [2.75, 3.05) is 5.73 Å². The van der Waals surface area contributed by atoms with Crippen LogP contribution in [0.1, 0.15) is 5.69 Å². The molecule has 2 aromatic rings. The Kier molecular flexibility index (Phi) is 1.77. The average molecular weight is 173 g/mol. The Hall–Kier alpha value is -1.77. The number of anilines is 1. The van der Waals surface area contributed by atoms with Crippen molar-refractivity contribution in [2.45, 2.75) is 6.92 Å². The number of nitrogen functional groups attached to an aromatic ring is 1. The van der Waals surface area contributed by atoms with Crippen molar-refractivity contribution in [3.8, 4) is 11.3 Å². The van der Waals surface area contributed by atoms with Gasteiger partial charge in [-0.1, -0.05) is 0 Å². The number of aryl methyl sites for hydroxylation is 1. The molecule has 0 bridgehead atoms. The number of aromatic amines is 1. The molecule has 0 aromatic carbocycles. The Bertz CT molecular complexity index is 404. The molecule has 3 N–H and O–H groups in total. The highest BCUT2D eigenvalue weighted by atomic mass is 14.7. The van der Waals surface area contributed by atoms with Gasteiger partial charge in [-0.05, 0) is 25.1 Å². The van der Waals surface area contributed by atoms with Crippen LogP contribution in [0.2, 0.25) is 0 Å². The summed E-state index contributed by atoms with van der Waals surface area (Å²) in [5, 5.41) is 0. The highest BCUT2D eigenvalue weighted by molar-refractivity contribution is 5.63. The van der Waals surface area contributed by atoms with Crippen molar-refractivity contribution in [1.29, 1.82) is 0 Å².